The van der Waals surface area contributed by atoms with E-state index in [-0.39, 0.29) is 5.01 Å². The molecule has 0 saturated heterocycles. The lowest BCUT2D eigenvalue weighted by Gasteiger charge is -1.96. The van der Waals surface area contributed by atoms with Gasteiger partial charge in [-0.2, -0.15) is 0 Å². The number of imidazole rings is 1. The molecule has 2 aromatic rings. The minimum Gasteiger partial charge on any atom is -0.461 e. The third-order valence-electron chi connectivity index (χ3n) is 1.90. The lowest BCUT2D eigenvalue weighted by Crippen LogP contribution is -2.03. The van der Waals surface area contributed by atoms with Gasteiger partial charge in [0.15, 0.2) is 0 Å². The van der Waals surface area contributed by atoms with Crippen LogP contribution in [0.1, 0.15) is 22.6 Å². The molecule has 2 rings (SSSR count). The molecule has 84 valence electrons. The van der Waals surface area contributed by atoms with Crippen molar-refractivity contribution in [2.45, 2.75) is 13.8 Å². The fourth-order valence-electron chi connectivity index (χ4n) is 1.17. The summed E-state index contributed by atoms with van der Waals surface area (Å²) in [7, 11) is 0. The van der Waals surface area contributed by atoms with Crippen LogP contribution in [0.4, 0.5) is 0 Å². The Morgan fingerprint density at radius 3 is 3.00 bits per heavy atom. The summed E-state index contributed by atoms with van der Waals surface area (Å²) >= 11 is 1.18. The molecule has 0 aliphatic carbocycles. The summed E-state index contributed by atoms with van der Waals surface area (Å²) in [4.78, 5) is 15.4. The predicted molar refractivity (Wildman–Crippen MR) is 57.7 cm³/mol. The monoisotopic (exact) mass is 238 g/mol. The molecule has 0 unspecified atom stereocenters. The van der Waals surface area contributed by atoms with Gasteiger partial charge < -0.3 is 4.74 Å². The molecular weight excluding hydrogens is 228 g/mol. The molecule has 0 radical (unpaired) electrons. The van der Waals surface area contributed by atoms with Gasteiger partial charge in [0, 0.05) is 12.4 Å². The third kappa shape index (κ3) is 1.94. The van der Waals surface area contributed by atoms with Gasteiger partial charge >= 0.3 is 5.97 Å². The van der Waals surface area contributed by atoms with Crippen LogP contribution in [0.3, 0.4) is 0 Å². The van der Waals surface area contributed by atoms with E-state index in [2.05, 4.69) is 15.2 Å². The van der Waals surface area contributed by atoms with E-state index in [1.165, 1.54) is 11.3 Å². The molecule has 0 saturated carbocycles. The Morgan fingerprint density at radius 1 is 1.56 bits per heavy atom. The van der Waals surface area contributed by atoms with Crippen molar-refractivity contribution in [3.8, 4) is 5.13 Å². The highest BCUT2D eigenvalue weighted by molar-refractivity contribution is 7.15. The molecule has 0 N–H and O–H groups in total. The van der Waals surface area contributed by atoms with Gasteiger partial charge in [-0.1, -0.05) is 11.3 Å². The number of ether oxygens (including phenoxy) is 1. The molecule has 0 aliphatic rings. The fourth-order valence-corrected chi connectivity index (χ4v) is 1.94. The molecule has 0 aromatic carbocycles. The van der Waals surface area contributed by atoms with Crippen LogP contribution < -0.4 is 0 Å². The fraction of sp³-hybridized carbons (Fsp3) is 0.333. The summed E-state index contributed by atoms with van der Waals surface area (Å²) in [5, 5.41) is 8.55. The zero-order valence-electron chi connectivity index (χ0n) is 8.88. The van der Waals surface area contributed by atoms with Gasteiger partial charge in [0.1, 0.15) is 5.82 Å². The van der Waals surface area contributed by atoms with Crippen LogP contribution in [0.25, 0.3) is 5.13 Å². The third-order valence-corrected chi connectivity index (χ3v) is 2.80. The van der Waals surface area contributed by atoms with Crippen molar-refractivity contribution >= 4 is 17.3 Å². The SMILES string of the molecule is CCOC(=O)c1nnc(-n2ccnc2C)s1. The van der Waals surface area contributed by atoms with Crippen LogP contribution >= 0.6 is 11.3 Å². The minimum atomic E-state index is -0.441. The summed E-state index contributed by atoms with van der Waals surface area (Å²) in [6.45, 7) is 3.93. The molecule has 6 nitrogen and oxygen atoms in total. The van der Waals surface area contributed by atoms with Gasteiger partial charge in [-0.25, -0.2) is 9.78 Å². The van der Waals surface area contributed by atoms with Gasteiger partial charge in [0.2, 0.25) is 10.1 Å². The van der Waals surface area contributed by atoms with Gasteiger partial charge in [0.25, 0.3) is 0 Å². The van der Waals surface area contributed by atoms with Crippen LogP contribution in [-0.4, -0.2) is 32.3 Å². The Bertz CT molecular complexity index is 505. The topological polar surface area (TPSA) is 69.9 Å². The van der Waals surface area contributed by atoms with Gasteiger partial charge in [-0.05, 0) is 13.8 Å². The summed E-state index contributed by atoms with van der Waals surface area (Å²) in [6, 6.07) is 0. The Hall–Kier alpha value is -1.76. The Morgan fingerprint density at radius 2 is 2.38 bits per heavy atom. The molecule has 16 heavy (non-hydrogen) atoms. The predicted octanol–water partition coefficient (Wildman–Crippen LogP) is 1.21. The summed E-state index contributed by atoms with van der Waals surface area (Å²) in [5.41, 5.74) is 0. The maximum Gasteiger partial charge on any atom is 0.369 e. The number of aromatic nitrogens is 4. The Kier molecular flexibility index (Phi) is 2.95. The average Bonchev–Trinajstić information content (AvgIpc) is 2.86. The largest absolute Gasteiger partial charge is 0.461 e. The first-order valence-electron chi connectivity index (χ1n) is 4.73. The standard InChI is InChI=1S/C9H10N4O2S/c1-3-15-8(14)7-11-12-9(16-7)13-5-4-10-6(13)2/h4-5H,3H2,1-2H3. The van der Waals surface area contributed by atoms with Crippen LogP contribution in [0.5, 0.6) is 0 Å². The van der Waals surface area contributed by atoms with E-state index < -0.39 is 5.97 Å². The second-order valence-electron chi connectivity index (χ2n) is 2.95. The van der Waals surface area contributed by atoms with Crippen LogP contribution in [0.2, 0.25) is 0 Å². The number of esters is 1. The van der Waals surface area contributed by atoms with Crippen LogP contribution in [0, 0.1) is 6.92 Å². The van der Waals surface area contributed by atoms with E-state index >= 15 is 0 Å². The second kappa shape index (κ2) is 4.40. The van der Waals surface area contributed by atoms with Crippen molar-refractivity contribution in [3.63, 3.8) is 0 Å². The van der Waals surface area contributed by atoms with Crippen molar-refractivity contribution in [2.75, 3.05) is 6.61 Å². The number of hydrogen-bond acceptors (Lipinski definition) is 6. The molecule has 0 spiro atoms. The molecule has 0 aliphatic heterocycles. The number of aryl methyl sites for hydroxylation is 1. The lowest BCUT2D eigenvalue weighted by atomic mass is 10.7. The van der Waals surface area contributed by atoms with E-state index in [1.807, 2.05) is 6.92 Å². The maximum atomic E-state index is 11.4. The summed E-state index contributed by atoms with van der Waals surface area (Å²) < 4.78 is 6.60. The number of rotatable bonds is 3. The molecule has 0 bridgehead atoms. The zero-order chi connectivity index (χ0) is 11.5. The highest BCUT2D eigenvalue weighted by Gasteiger charge is 2.15. The molecule has 0 atom stereocenters. The first-order chi connectivity index (χ1) is 7.72. The summed E-state index contributed by atoms with van der Waals surface area (Å²) in [6.07, 6.45) is 3.44. The van der Waals surface area contributed by atoms with E-state index in [9.17, 15) is 4.79 Å². The number of carbonyl (C=O) groups is 1. The highest BCUT2D eigenvalue weighted by atomic mass is 32.1. The number of hydrogen-bond donors (Lipinski definition) is 0. The second-order valence-corrected chi connectivity index (χ2v) is 3.91. The molecule has 0 amide bonds. The van der Waals surface area contributed by atoms with E-state index in [1.54, 1.807) is 23.9 Å². The lowest BCUT2D eigenvalue weighted by molar-refractivity contribution is 0.0525. The quantitative estimate of drug-likeness (QED) is 0.752. The van der Waals surface area contributed by atoms with Crippen molar-refractivity contribution in [1.29, 1.82) is 0 Å². The van der Waals surface area contributed by atoms with Gasteiger partial charge in [-0.3, -0.25) is 4.57 Å². The van der Waals surface area contributed by atoms with Crippen LogP contribution in [-0.2, 0) is 4.74 Å². The normalized spacial score (nSPS) is 10.4. The Balaban J connectivity index is 2.26. The van der Waals surface area contributed by atoms with Crippen molar-refractivity contribution in [2.24, 2.45) is 0 Å². The van der Waals surface area contributed by atoms with Gasteiger partial charge in [0.05, 0.1) is 6.61 Å². The summed E-state index contributed by atoms with van der Waals surface area (Å²) in [5.74, 6) is 0.357. The number of nitrogens with zero attached hydrogens (tertiary/aromatic N) is 4. The molecular formula is C9H10N4O2S. The Labute approximate surface area is 95.9 Å². The molecule has 0 fully saturated rings. The number of carbonyl (C=O) groups excluding carboxylic acids is 1. The molecule has 2 heterocycles. The van der Waals surface area contributed by atoms with Gasteiger partial charge in [-0.15, -0.1) is 10.2 Å². The molecule has 7 heteroatoms. The van der Waals surface area contributed by atoms with Crippen LogP contribution in [0.15, 0.2) is 12.4 Å². The highest BCUT2D eigenvalue weighted by Crippen LogP contribution is 2.16. The zero-order valence-corrected chi connectivity index (χ0v) is 9.69. The minimum absolute atomic E-state index is 0.255. The first-order valence-corrected chi connectivity index (χ1v) is 5.55. The molecule has 2 aromatic heterocycles. The van der Waals surface area contributed by atoms with Crippen molar-refractivity contribution < 1.29 is 9.53 Å². The average molecular weight is 238 g/mol. The smallest absolute Gasteiger partial charge is 0.369 e. The van der Waals surface area contributed by atoms with Crippen molar-refractivity contribution in [3.05, 3.63) is 23.2 Å². The first kappa shape index (κ1) is 10.7. The van der Waals surface area contributed by atoms with Crippen molar-refractivity contribution in [1.82, 2.24) is 19.7 Å². The maximum absolute atomic E-state index is 11.4. The van der Waals surface area contributed by atoms with E-state index in [4.69, 9.17) is 4.74 Å². The van der Waals surface area contributed by atoms with E-state index in [0.29, 0.717) is 11.7 Å². The van der Waals surface area contributed by atoms with E-state index in [0.717, 1.165) is 5.82 Å².